The molecule has 1 unspecified atom stereocenters. The number of hydrogen-bond acceptors (Lipinski definition) is 4. The van der Waals surface area contributed by atoms with Gasteiger partial charge in [0.2, 0.25) is 0 Å². The van der Waals surface area contributed by atoms with Gasteiger partial charge < -0.3 is 15.3 Å². The quantitative estimate of drug-likeness (QED) is 0.399. The summed E-state index contributed by atoms with van der Waals surface area (Å²) in [7, 11) is 0. The Morgan fingerprint density at radius 1 is 1.17 bits per heavy atom. The van der Waals surface area contributed by atoms with Crippen LogP contribution in [0.15, 0.2) is 35.5 Å². The lowest BCUT2D eigenvalue weighted by molar-refractivity contribution is -0.148. The number of allylic oxidation sites excluding steroid dienone is 4. The summed E-state index contributed by atoms with van der Waals surface area (Å²) in [5.41, 5.74) is 0.931. The largest absolute Gasteiger partial charge is 0.481 e. The van der Waals surface area contributed by atoms with Crippen molar-refractivity contribution in [1.29, 1.82) is 0 Å². The Morgan fingerprint density at radius 3 is 2.39 bits per heavy atom. The Bertz CT molecular complexity index is 1040. The van der Waals surface area contributed by atoms with Crippen molar-refractivity contribution in [2.24, 2.45) is 39.4 Å². The third-order valence-electron chi connectivity index (χ3n) is 11.4. The fourth-order valence-electron chi connectivity index (χ4n) is 8.72. The highest BCUT2D eigenvalue weighted by atomic mass is 16.4. The van der Waals surface area contributed by atoms with Gasteiger partial charge in [0, 0.05) is 23.2 Å². The maximum Gasteiger partial charge on any atom is 0.306 e. The zero-order chi connectivity index (χ0) is 27.1. The number of aliphatic carboxylic acids is 1. The second kappa shape index (κ2) is 8.39. The molecule has 0 aromatic carbocycles. The predicted octanol–water partition coefficient (Wildman–Crippen LogP) is 5.86. The first kappa shape index (κ1) is 27.3. The van der Waals surface area contributed by atoms with Gasteiger partial charge in [-0.1, -0.05) is 53.3 Å². The topological polar surface area (TPSA) is 94.8 Å². The summed E-state index contributed by atoms with van der Waals surface area (Å²) >= 11 is 0. The van der Waals surface area contributed by atoms with Gasteiger partial charge in [-0.15, -0.1) is 0 Å². The van der Waals surface area contributed by atoms with Crippen molar-refractivity contribution in [3.05, 3.63) is 35.5 Å². The van der Waals surface area contributed by atoms with Crippen molar-refractivity contribution in [3.63, 3.8) is 0 Å². The average molecular weight is 499 g/mol. The number of Topliss-reactive ketones (excluding diaryl/α,β-unsaturated/α-hetero) is 1. The van der Waals surface area contributed by atoms with Gasteiger partial charge in [0.25, 0.3) is 0 Å². The summed E-state index contributed by atoms with van der Waals surface area (Å²) in [5, 5.41) is 32.1. The number of rotatable bonds is 6. The van der Waals surface area contributed by atoms with Gasteiger partial charge in [0.15, 0.2) is 0 Å². The van der Waals surface area contributed by atoms with E-state index in [1.807, 2.05) is 0 Å². The van der Waals surface area contributed by atoms with Gasteiger partial charge in [0.05, 0.1) is 17.6 Å². The van der Waals surface area contributed by atoms with Crippen LogP contribution in [-0.4, -0.2) is 38.8 Å². The Hall–Kier alpha value is -1.72. The predicted molar refractivity (Wildman–Crippen MR) is 141 cm³/mol. The Balaban J connectivity index is 1.72. The number of carbonyl (C=O) groups excluding carboxylic acids is 1. The van der Waals surface area contributed by atoms with E-state index in [1.165, 1.54) is 11.1 Å². The van der Waals surface area contributed by atoms with E-state index in [1.54, 1.807) is 13.8 Å². The summed E-state index contributed by atoms with van der Waals surface area (Å²) in [6.45, 7) is 18.2. The standard InChI is InChI=1S/C31H46O5/c1-18(28(4,5)36)9-10-19(26(34)35)25-22(32)17-31(8)21-11-12-23-27(2,3)24(33)14-15-29(23,6)20(21)13-16-30(25,31)7/h11,13,19,22-23,25,32,36H,1,9-10,12,14-17H2,2-8H3,(H,34,35)/t19?,22-,23+,25+,29-,30-,31+/m1/s1. The first-order valence-corrected chi connectivity index (χ1v) is 13.7. The molecule has 5 nitrogen and oxygen atoms in total. The van der Waals surface area contributed by atoms with Crippen LogP contribution >= 0.6 is 0 Å². The van der Waals surface area contributed by atoms with E-state index in [9.17, 15) is 24.9 Å². The molecule has 4 rings (SSSR count). The van der Waals surface area contributed by atoms with Crippen LogP contribution in [0.4, 0.5) is 0 Å². The van der Waals surface area contributed by atoms with Crippen LogP contribution in [-0.2, 0) is 9.59 Å². The average Bonchev–Trinajstić information content (AvgIpc) is 2.96. The molecular weight excluding hydrogens is 452 g/mol. The highest BCUT2D eigenvalue weighted by Gasteiger charge is 2.66. The molecule has 5 heteroatoms. The lowest BCUT2D eigenvalue weighted by atomic mass is 9.44. The van der Waals surface area contributed by atoms with Crippen molar-refractivity contribution < 1.29 is 24.9 Å². The normalized spacial score (nSPS) is 40.4. The number of hydrogen-bond donors (Lipinski definition) is 3. The molecule has 0 aromatic rings. The van der Waals surface area contributed by atoms with E-state index in [0.29, 0.717) is 43.5 Å². The minimum atomic E-state index is -1.06. The Kier molecular flexibility index (Phi) is 6.37. The van der Waals surface area contributed by atoms with Crippen LogP contribution in [0.5, 0.6) is 0 Å². The van der Waals surface area contributed by atoms with Crippen LogP contribution in [0.2, 0.25) is 0 Å². The lowest BCUT2D eigenvalue weighted by Gasteiger charge is -2.59. The van der Waals surface area contributed by atoms with Crippen molar-refractivity contribution >= 4 is 11.8 Å². The van der Waals surface area contributed by atoms with E-state index in [2.05, 4.69) is 53.3 Å². The summed E-state index contributed by atoms with van der Waals surface area (Å²) in [6, 6.07) is 0. The molecule has 2 saturated carbocycles. The monoisotopic (exact) mass is 498 g/mol. The Morgan fingerprint density at radius 2 is 1.81 bits per heavy atom. The molecule has 4 aliphatic carbocycles. The summed E-state index contributed by atoms with van der Waals surface area (Å²) in [6.07, 6.45) is 8.20. The lowest BCUT2D eigenvalue weighted by Crippen LogP contribution is -2.53. The van der Waals surface area contributed by atoms with Crippen molar-refractivity contribution in [2.45, 2.75) is 105 Å². The van der Waals surface area contributed by atoms with E-state index in [4.69, 9.17) is 0 Å². The number of ketones is 1. The number of carbonyl (C=O) groups is 2. The fraction of sp³-hybridized carbons (Fsp3) is 0.742. The summed E-state index contributed by atoms with van der Waals surface area (Å²) in [4.78, 5) is 25.4. The van der Waals surface area contributed by atoms with E-state index in [-0.39, 0.29) is 22.2 Å². The number of carboxylic acid groups (broad SMARTS) is 1. The number of aliphatic hydroxyl groups excluding tert-OH is 1. The molecule has 0 bridgehead atoms. The first-order chi connectivity index (χ1) is 16.4. The van der Waals surface area contributed by atoms with Crippen LogP contribution < -0.4 is 0 Å². The van der Waals surface area contributed by atoms with Crippen LogP contribution in [0.3, 0.4) is 0 Å². The minimum Gasteiger partial charge on any atom is -0.481 e. The van der Waals surface area contributed by atoms with Gasteiger partial charge in [-0.2, -0.15) is 0 Å². The molecule has 0 heterocycles. The fourth-order valence-corrected chi connectivity index (χ4v) is 8.72. The first-order valence-electron chi connectivity index (χ1n) is 13.7. The number of aliphatic hydroxyl groups is 2. The molecule has 0 saturated heterocycles. The van der Waals surface area contributed by atoms with Crippen LogP contribution in [0, 0.1) is 39.4 Å². The van der Waals surface area contributed by atoms with E-state index >= 15 is 0 Å². The maximum absolute atomic E-state index is 12.8. The van der Waals surface area contributed by atoms with Crippen LogP contribution in [0.25, 0.3) is 0 Å². The van der Waals surface area contributed by atoms with Gasteiger partial charge >= 0.3 is 5.97 Å². The molecule has 2 fully saturated rings. The third-order valence-corrected chi connectivity index (χ3v) is 11.4. The van der Waals surface area contributed by atoms with Gasteiger partial charge in [-0.3, -0.25) is 9.59 Å². The molecular formula is C31H46O5. The molecule has 7 atom stereocenters. The Labute approximate surface area is 216 Å². The highest BCUT2D eigenvalue weighted by Crippen LogP contribution is 2.71. The van der Waals surface area contributed by atoms with Gasteiger partial charge in [-0.05, 0) is 85.8 Å². The number of fused-ring (bicyclic) bond motifs is 5. The SMILES string of the molecule is C=C(CCC(C(=O)O)[C@H]1[C@H](O)C[C@@]2(C)C3=CC[C@H]4C(C)(C)C(=O)CC[C@]4(C)C3=CC[C@]12C)C(C)(C)O. The van der Waals surface area contributed by atoms with Gasteiger partial charge in [0.1, 0.15) is 5.78 Å². The molecule has 0 aromatic heterocycles. The molecule has 200 valence electrons. The molecule has 36 heavy (non-hydrogen) atoms. The summed E-state index contributed by atoms with van der Waals surface area (Å²) < 4.78 is 0. The second-order valence-corrected chi connectivity index (χ2v) is 14.0. The molecule has 0 aliphatic heterocycles. The highest BCUT2D eigenvalue weighted by molar-refractivity contribution is 5.86. The molecule has 0 spiro atoms. The smallest absolute Gasteiger partial charge is 0.306 e. The zero-order valence-corrected chi connectivity index (χ0v) is 23.3. The zero-order valence-electron chi connectivity index (χ0n) is 23.3. The molecule has 3 N–H and O–H groups in total. The van der Waals surface area contributed by atoms with Crippen LogP contribution in [0.1, 0.15) is 93.4 Å². The van der Waals surface area contributed by atoms with Gasteiger partial charge in [-0.25, -0.2) is 0 Å². The maximum atomic E-state index is 12.8. The second-order valence-electron chi connectivity index (χ2n) is 14.0. The van der Waals surface area contributed by atoms with E-state index in [0.717, 1.165) is 12.8 Å². The summed E-state index contributed by atoms with van der Waals surface area (Å²) in [5.74, 6) is -1.42. The molecule has 0 radical (unpaired) electrons. The molecule has 0 amide bonds. The minimum absolute atomic E-state index is 0.0917. The van der Waals surface area contributed by atoms with Crippen molar-refractivity contribution in [3.8, 4) is 0 Å². The molecule has 4 aliphatic rings. The number of carboxylic acids is 1. The third kappa shape index (κ3) is 3.71. The van der Waals surface area contributed by atoms with Crippen molar-refractivity contribution in [1.82, 2.24) is 0 Å². The van der Waals surface area contributed by atoms with Crippen molar-refractivity contribution in [2.75, 3.05) is 0 Å². The van der Waals surface area contributed by atoms with E-state index < -0.39 is 34.9 Å².